The molecule has 1 heterocycles. The lowest BCUT2D eigenvalue weighted by Gasteiger charge is -2.17. The number of anilines is 2. The third-order valence-corrected chi connectivity index (χ3v) is 4.62. The van der Waals surface area contributed by atoms with Gasteiger partial charge < -0.3 is 15.4 Å². The third kappa shape index (κ3) is 4.54. The summed E-state index contributed by atoms with van der Waals surface area (Å²) in [5.74, 6) is 1.26. The molecule has 1 aliphatic rings. The van der Waals surface area contributed by atoms with E-state index in [2.05, 4.69) is 24.5 Å². The van der Waals surface area contributed by atoms with Crippen molar-refractivity contribution in [2.45, 2.75) is 18.7 Å². The number of carbonyl (C=O) groups excluding carboxylic acids is 2. The van der Waals surface area contributed by atoms with Gasteiger partial charge in [-0.25, -0.2) is 0 Å². The first kappa shape index (κ1) is 17.4. The van der Waals surface area contributed by atoms with Crippen LogP contribution in [-0.4, -0.2) is 24.2 Å². The van der Waals surface area contributed by atoms with Crippen LogP contribution in [0, 0.1) is 5.92 Å². The van der Waals surface area contributed by atoms with Gasteiger partial charge in [0, 0.05) is 16.1 Å². The van der Waals surface area contributed by atoms with Crippen molar-refractivity contribution in [1.82, 2.24) is 0 Å². The van der Waals surface area contributed by atoms with Crippen molar-refractivity contribution in [3.8, 4) is 5.75 Å². The second-order valence-electron chi connectivity index (χ2n) is 6.23. The minimum absolute atomic E-state index is 0.0315. The molecule has 0 saturated heterocycles. The summed E-state index contributed by atoms with van der Waals surface area (Å²) in [6.07, 6.45) is 0. The first-order valence-electron chi connectivity index (χ1n) is 8.12. The van der Waals surface area contributed by atoms with Crippen LogP contribution in [0.1, 0.15) is 24.2 Å². The van der Waals surface area contributed by atoms with E-state index in [0.717, 1.165) is 10.6 Å². The average Bonchev–Trinajstić information content (AvgIpc) is 2.60. The maximum atomic E-state index is 12.5. The molecule has 0 bridgehead atoms. The molecular formula is C19H20N2O3S. The Labute approximate surface area is 151 Å². The van der Waals surface area contributed by atoms with Gasteiger partial charge in [0.15, 0.2) is 0 Å². The SMILES string of the molecule is CC(C)COc1cccc(C(=O)Nc2ccc3c(c2)NC(=O)CS3)c1. The molecule has 0 aliphatic carbocycles. The van der Waals surface area contributed by atoms with Crippen LogP contribution in [0.4, 0.5) is 11.4 Å². The number of benzene rings is 2. The summed E-state index contributed by atoms with van der Waals surface area (Å²) in [5.41, 5.74) is 1.89. The fraction of sp³-hybridized carbons (Fsp3) is 0.263. The van der Waals surface area contributed by atoms with E-state index in [1.807, 2.05) is 18.2 Å². The number of carbonyl (C=O) groups is 2. The van der Waals surface area contributed by atoms with E-state index in [9.17, 15) is 9.59 Å². The Hall–Kier alpha value is -2.47. The van der Waals surface area contributed by atoms with Gasteiger partial charge in [-0.05, 0) is 42.3 Å². The highest BCUT2D eigenvalue weighted by atomic mass is 32.2. The van der Waals surface area contributed by atoms with Gasteiger partial charge >= 0.3 is 0 Å². The van der Waals surface area contributed by atoms with Crippen LogP contribution in [0.3, 0.4) is 0 Å². The molecule has 0 atom stereocenters. The standard InChI is InChI=1S/C19H20N2O3S/c1-12(2)10-24-15-5-3-4-13(8-15)19(23)20-14-6-7-17-16(9-14)21-18(22)11-25-17/h3-9,12H,10-11H2,1-2H3,(H,20,23)(H,21,22). The molecule has 2 aromatic rings. The maximum absolute atomic E-state index is 12.5. The number of thioether (sulfide) groups is 1. The highest BCUT2D eigenvalue weighted by Crippen LogP contribution is 2.33. The molecule has 2 N–H and O–H groups in total. The van der Waals surface area contributed by atoms with Gasteiger partial charge in [0.05, 0.1) is 18.0 Å². The molecule has 0 saturated carbocycles. The zero-order valence-electron chi connectivity index (χ0n) is 14.2. The predicted molar refractivity (Wildman–Crippen MR) is 101 cm³/mol. The Morgan fingerprint density at radius 1 is 1.28 bits per heavy atom. The summed E-state index contributed by atoms with van der Waals surface area (Å²) in [6, 6.07) is 12.6. The molecule has 0 fully saturated rings. The number of rotatable bonds is 5. The Morgan fingerprint density at radius 2 is 2.12 bits per heavy atom. The van der Waals surface area contributed by atoms with Crippen LogP contribution in [-0.2, 0) is 4.79 Å². The monoisotopic (exact) mass is 356 g/mol. The van der Waals surface area contributed by atoms with Crippen molar-refractivity contribution < 1.29 is 14.3 Å². The number of fused-ring (bicyclic) bond motifs is 1. The molecule has 3 rings (SSSR count). The zero-order valence-corrected chi connectivity index (χ0v) is 15.0. The molecule has 2 amide bonds. The van der Waals surface area contributed by atoms with E-state index in [1.54, 1.807) is 24.3 Å². The summed E-state index contributed by atoms with van der Waals surface area (Å²) in [7, 11) is 0. The highest BCUT2D eigenvalue weighted by Gasteiger charge is 2.16. The van der Waals surface area contributed by atoms with E-state index < -0.39 is 0 Å². The van der Waals surface area contributed by atoms with E-state index in [0.29, 0.717) is 35.3 Å². The molecule has 6 heteroatoms. The van der Waals surface area contributed by atoms with E-state index in [4.69, 9.17) is 4.74 Å². The fourth-order valence-corrected chi connectivity index (χ4v) is 3.14. The topological polar surface area (TPSA) is 67.4 Å². The summed E-state index contributed by atoms with van der Waals surface area (Å²) in [6.45, 7) is 4.75. The summed E-state index contributed by atoms with van der Waals surface area (Å²) >= 11 is 1.49. The molecule has 2 aromatic carbocycles. The van der Waals surface area contributed by atoms with Crippen molar-refractivity contribution in [3.63, 3.8) is 0 Å². The molecule has 1 aliphatic heterocycles. The van der Waals surface area contributed by atoms with E-state index in [1.165, 1.54) is 11.8 Å². The van der Waals surface area contributed by atoms with Gasteiger partial charge in [-0.2, -0.15) is 0 Å². The molecule has 0 spiro atoms. The van der Waals surface area contributed by atoms with Crippen LogP contribution < -0.4 is 15.4 Å². The molecule has 0 radical (unpaired) electrons. The number of hydrogen-bond acceptors (Lipinski definition) is 4. The van der Waals surface area contributed by atoms with Gasteiger partial charge in [-0.15, -0.1) is 11.8 Å². The maximum Gasteiger partial charge on any atom is 0.255 e. The number of amides is 2. The minimum Gasteiger partial charge on any atom is -0.493 e. The van der Waals surface area contributed by atoms with Crippen LogP contribution in [0.15, 0.2) is 47.4 Å². The second-order valence-corrected chi connectivity index (χ2v) is 7.25. The zero-order chi connectivity index (χ0) is 17.8. The molecule has 130 valence electrons. The Bertz CT molecular complexity index is 805. The third-order valence-electron chi connectivity index (χ3n) is 3.55. The number of nitrogens with one attached hydrogen (secondary N) is 2. The summed E-state index contributed by atoms with van der Waals surface area (Å²) in [5, 5.41) is 5.68. The minimum atomic E-state index is -0.218. The normalized spacial score (nSPS) is 13.2. The van der Waals surface area contributed by atoms with E-state index in [-0.39, 0.29) is 11.8 Å². The molecule has 0 aromatic heterocycles. The van der Waals surface area contributed by atoms with E-state index >= 15 is 0 Å². The van der Waals surface area contributed by atoms with Crippen LogP contribution >= 0.6 is 11.8 Å². The Morgan fingerprint density at radius 3 is 2.92 bits per heavy atom. The summed E-state index contributed by atoms with van der Waals surface area (Å²) in [4.78, 5) is 25.0. The van der Waals surface area contributed by atoms with Crippen LogP contribution in [0.25, 0.3) is 0 Å². The lowest BCUT2D eigenvalue weighted by Crippen LogP contribution is -2.19. The lowest BCUT2D eigenvalue weighted by atomic mass is 10.2. The van der Waals surface area contributed by atoms with Crippen molar-refractivity contribution in [1.29, 1.82) is 0 Å². The van der Waals surface area contributed by atoms with Gasteiger partial charge in [-0.1, -0.05) is 19.9 Å². The van der Waals surface area contributed by atoms with Gasteiger partial charge in [-0.3, -0.25) is 9.59 Å². The van der Waals surface area contributed by atoms with Crippen molar-refractivity contribution >= 4 is 35.0 Å². The second kappa shape index (κ2) is 7.61. The van der Waals surface area contributed by atoms with Crippen LogP contribution in [0.5, 0.6) is 5.75 Å². The van der Waals surface area contributed by atoms with Gasteiger partial charge in [0.2, 0.25) is 5.91 Å². The largest absolute Gasteiger partial charge is 0.493 e. The molecule has 25 heavy (non-hydrogen) atoms. The van der Waals surface area contributed by atoms with Crippen molar-refractivity contribution in [3.05, 3.63) is 48.0 Å². The smallest absolute Gasteiger partial charge is 0.255 e. The molecule has 0 unspecified atom stereocenters. The quantitative estimate of drug-likeness (QED) is 0.849. The van der Waals surface area contributed by atoms with Crippen molar-refractivity contribution in [2.24, 2.45) is 5.92 Å². The first-order chi connectivity index (χ1) is 12.0. The van der Waals surface area contributed by atoms with Crippen LogP contribution in [0.2, 0.25) is 0 Å². The summed E-state index contributed by atoms with van der Waals surface area (Å²) < 4.78 is 5.66. The Balaban J connectivity index is 1.71. The average molecular weight is 356 g/mol. The highest BCUT2D eigenvalue weighted by molar-refractivity contribution is 8.00. The van der Waals surface area contributed by atoms with Gasteiger partial charge in [0.1, 0.15) is 5.75 Å². The number of hydrogen-bond donors (Lipinski definition) is 2. The fourth-order valence-electron chi connectivity index (χ4n) is 2.35. The number of ether oxygens (including phenoxy) is 1. The first-order valence-corrected chi connectivity index (χ1v) is 9.11. The van der Waals surface area contributed by atoms with Gasteiger partial charge in [0.25, 0.3) is 5.91 Å². The predicted octanol–water partition coefficient (Wildman–Crippen LogP) is 4.02. The Kier molecular flexibility index (Phi) is 5.28. The van der Waals surface area contributed by atoms with Crippen molar-refractivity contribution in [2.75, 3.05) is 23.0 Å². The molecule has 5 nitrogen and oxygen atoms in total. The lowest BCUT2D eigenvalue weighted by molar-refractivity contribution is -0.113. The molecular weight excluding hydrogens is 336 g/mol.